The molecule has 0 amide bonds. The Kier molecular flexibility index (Phi) is 5.44. The van der Waals surface area contributed by atoms with Gasteiger partial charge in [-0.2, -0.15) is 5.10 Å². The summed E-state index contributed by atoms with van der Waals surface area (Å²) in [5.74, 6) is 0. The van der Waals surface area contributed by atoms with Crippen LogP contribution in [0, 0.1) is 0 Å². The minimum absolute atomic E-state index is 0.215. The van der Waals surface area contributed by atoms with Crippen molar-refractivity contribution in [2.24, 2.45) is 0 Å². The third-order valence-electron chi connectivity index (χ3n) is 4.82. The summed E-state index contributed by atoms with van der Waals surface area (Å²) in [5, 5.41) is 7.39. The smallest absolute Gasteiger partial charge is 0.419 e. The van der Waals surface area contributed by atoms with E-state index in [1.807, 2.05) is 12.1 Å². The number of H-pyrrole nitrogens is 1. The number of pyridine rings is 1. The van der Waals surface area contributed by atoms with Crippen LogP contribution in [0.15, 0.2) is 59.7 Å². The van der Waals surface area contributed by atoms with Gasteiger partial charge < -0.3 is 9.53 Å². The van der Waals surface area contributed by atoms with Crippen molar-refractivity contribution in [2.75, 3.05) is 0 Å². The Morgan fingerprint density at radius 1 is 1.12 bits per heavy atom. The van der Waals surface area contributed by atoms with Crippen molar-refractivity contribution in [3.8, 4) is 22.5 Å². The van der Waals surface area contributed by atoms with E-state index in [0.717, 1.165) is 22.8 Å². The molecule has 4 aromatic rings. The van der Waals surface area contributed by atoms with Gasteiger partial charge in [-0.15, -0.1) is 0 Å². The molecular formula is C24H22N4O4. The van der Waals surface area contributed by atoms with E-state index in [2.05, 4.69) is 15.2 Å². The summed E-state index contributed by atoms with van der Waals surface area (Å²) >= 11 is 0. The van der Waals surface area contributed by atoms with Crippen LogP contribution in [0.1, 0.15) is 26.3 Å². The number of carbonyl (C=O) groups excluding carboxylic acids is 2. The van der Waals surface area contributed by atoms with Crippen LogP contribution in [0.2, 0.25) is 0 Å². The van der Waals surface area contributed by atoms with Crippen molar-refractivity contribution in [3.05, 3.63) is 70.8 Å². The van der Waals surface area contributed by atoms with Gasteiger partial charge in [0.15, 0.2) is 0 Å². The lowest BCUT2D eigenvalue weighted by atomic mass is 10.1. The second kappa shape index (κ2) is 8.22. The summed E-state index contributed by atoms with van der Waals surface area (Å²) in [6.07, 6.45) is 3.67. The van der Waals surface area contributed by atoms with Gasteiger partial charge in [0.25, 0.3) is 5.56 Å². The third kappa shape index (κ3) is 4.20. The Morgan fingerprint density at radius 2 is 1.88 bits per heavy atom. The number of aldehydes is 1. The molecule has 0 aliphatic rings. The predicted molar refractivity (Wildman–Crippen MR) is 120 cm³/mol. The van der Waals surface area contributed by atoms with Gasteiger partial charge in [-0.25, -0.2) is 14.5 Å². The molecule has 0 spiro atoms. The highest BCUT2D eigenvalue weighted by Gasteiger charge is 2.24. The second-order valence-electron chi connectivity index (χ2n) is 8.34. The average molecular weight is 430 g/mol. The van der Waals surface area contributed by atoms with Crippen molar-refractivity contribution in [3.63, 3.8) is 0 Å². The number of nitrogens with zero attached hydrogens (tertiary/aromatic N) is 3. The molecule has 0 atom stereocenters. The minimum atomic E-state index is -0.738. The number of hydrogen-bond donors (Lipinski definition) is 1. The van der Waals surface area contributed by atoms with Gasteiger partial charge in [0, 0.05) is 29.8 Å². The molecule has 3 heterocycles. The molecule has 0 bridgehead atoms. The topological polar surface area (TPSA) is 107 Å². The summed E-state index contributed by atoms with van der Waals surface area (Å²) < 4.78 is 7.00. The SMILES string of the molecule is CC(C)(C)OC(=O)n1c(-c2cc(-c3ccncc3)n[nH]c2=O)cc2ccc(CC=O)cc21. The van der Waals surface area contributed by atoms with Gasteiger partial charge >= 0.3 is 6.09 Å². The maximum Gasteiger partial charge on any atom is 0.419 e. The van der Waals surface area contributed by atoms with Crippen LogP contribution >= 0.6 is 0 Å². The average Bonchev–Trinajstić information content (AvgIpc) is 3.12. The van der Waals surface area contributed by atoms with Crippen molar-refractivity contribution in [1.82, 2.24) is 19.7 Å². The van der Waals surface area contributed by atoms with Gasteiger partial charge in [-0.3, -0.25) is 9.78 Å². The Hall–Kier alpha value is -4.07. The summed E-state index contributed by atoms with van der Waals surface area (Å²) in [6, 6.07) is 12.3. The Morgan fingerprint density at radius 3 is 2.56 bits per heavy atom. The van der Waals surface area contributed by atoms with Crippen molar-refractivity contribution < 1.29 is 14.3 Å². The van der Waals surface area contributed by atoms with Gasteiger partial charge in [0.1, 0.15) is 11.9 Å². The number of benzene rings is 1. The highest BCUT2D eigenvalue weighted by atomic mass is 16.6. The first kappa shape index (κ1) is 21.2. The van der Waals surface area contributed by atoms with Crippen LogP contribution < -0.4 is 5.56 Å². The molecule has 1 N–H and O–H groups in total. The van der Waals surface area contributed by atoms with E-state index in [-0.39, 0.29) is 12.0 Å². The summed E-state index contributed by atoms with van der Waals surface area (Å²) in [5.41, 5.74) is 2.07. The van der Waals surface area contributed by atoms with E-state index >= 15 is 0 Å². The monoisotopic (exact) mass is 430 g/mol. The minimum Gasteiger partial charge on any atom is -0.443 e. The largest absolute Gasteiger partial charge is 0.443 e. The molecule has 32 heavy (non-hydrogen) atoms. The standard InChI is InChI=1S/C24H22N4O4/c1-24(2,3)32-23(31)28-20-12-15(8-11-29)4-5-17(20)13-21(28)18-14-19(26-27-22(18)30)16-6-9-25-10-7-16/h4-7,9-14H,8H2,1-3H3,(H,27,30). The van der Waals surface area contributed by atoms with Crippen molar-refractivity contribution in [1.29, 1.82) is 0 Å². The number of hydrogen-bond acceptors (Lipinski definition) is 6. The first-order chi connectivity index (χ1) is 15.3. The van der Waals surface area contributed by atoms with Gasteiger partial charge in [-0.05, 0) is 56.7 Å². The molecule has 3 aromatic heterocycles. The molecule has 0 fully saturated rings. The zero-order valence-corrected chi connectivity index (χ0v) is 18.0. The zero-order chi connectivity index (χ0) is 22.9. The molecule has 4 rings (SSSR count). The third-order valence-corrected chi connectivity index (χ3v) is 4.82. The highest BCUT2D eigenvalue weighted by molar-refractivity contribution is 5.96. The Labute approximate surface area is 183 Å². The van der Waals surface area contributed by atoms with E-state index in [9.17, 15) is 14.4 Å². The summed E-state index contributed by atoms with van der Waals surface area (Å²) in [7, 11) is 0. The molecule has 0 aliphatic heterocycles. The second-order valence-corrected chi connectivity index (χ2v) is 8.34. The van der Waals surface area contributed by atoms with E-state index < -0.39 is 17.3 Å². The lowest BCUT2D eigenvalue weighted by Gasteiger charge is -2.21. The van der Waals surface area contributed by atoms with Gasteiger partial charge in [0.2, 0.25) is 0 Å². The van der Waals surface area contributed by atoms with Crippen molar-refractivity contribution in [2.45, 2.75) is 32.8 Å². The number of ether oxygens (including phenoxy) is 1. The molecule has 162 valence electrons. The first-order valence-electron chi connectivity index (χ1n) is 10.1. The fraction of sp³-hybridized carbons (Fsp3) is 0.208. The van der Waals surface area contributed by atoms with Gasteiger partial charge in [0.05, 0.1) is 22.5 Å². The number of fused-ring (bicyclic) bond motifs is 1. The molecular weight excluding hydrogens is 408 g/mol. The van der Waals surface area contributed by atoms with Crippen LogP contribution in [0.4, 0.5) is 4.79 Å². The fourth-order valence-corrected chi connectivity index (χ4v) is 3.44. The molecule has 0 unspecified atom stereocenters. The quantitative estimate of drug-likeness (QED) is 0.491. The van der Waals surface area contributed by atoms with Crippen LogP contribution in [0.25, 0.3) is 33.4 Å². The van der Waals surface area contributed by atoms with Crippen LogP contribution in [-0.2, 0) is 16.0 Å². The van der Waals surface area contributed by atoms with Crippen LogP contribution in [0.5, 0.6) is 0 Å². The van der Waals surface area contributed by atoms with E-state index in [4.69, 9.17) is 4.74 Å². The molecule has 8 heteroatoms. The molecule has 8 nitrogen and oxygen atoms in total. The van der Waals surface area contributed by atoms with Crippen LogP contribution in [-0.4, -0.2) is 37.7 Å². The lowest BCUT2D eigenvalue weighted by Crippen LogP contribution is -2.28. The molecule has 0 saturated heterocycles. The van der Waals surface area contributed by atoms with Crippen molar-refractivity contribution >= 4 is 23.3 Å². The fourth-order valence-electron chi connectivity index (χ4n) is 3.44. The number of aromatic nitrogens is 4. The Balaban J connectivity index is 1.96. The number of rotatable bonds is 4. The molecule has 0 aliphatic carbocycles. The summed E-state index contributed by atoms with van der Waals surface area (Å²) in [6.45, 7) is 5.32. The Bertz CT molecular complexity index is 1360. The van der Waals surface area contributed by atoms with E-state index in [1.165, 1.54) is 4.57 Å². The lowest BCUT2D eigenvalue weighted by molar-refractivity contribution is -0.107. The van der Waals surface area contributed by atoms with Crippen LogP contribution in [0.3, 0.4) is 0 Å². The summed E-state index contributed by atoms with van der Waals surface area (Å²) in [4.78, 5) is 41.0. The zero-order valence-electron chi connectivity index (χ0n) is 18.0. The molecule has 1 aromatic carbocycles. The highest BCUT2D eigenvalue weighted by Crippen LogP contribution is 2.30. The predicted octanol–water partition coefficient (Wildman–Crippen LogP) is 3.98. The maximum absolute atomic E-state index is 13.2. The van der Waals surface area contributed by atoms with E-state index in [0.29, 0.717) is 16.9 Å². The van der Waals surface area contributed by atoms with E-state index in [1.54, 1.807) is 63.5 Å². The normalized spacial score (nSPS) is 11.5. The molecule has 0 saturated carbocycles. The number of carbonyl (C=O) groups is 2. The molecule has 0 radical (unpaired) electrons. The number of aromatic amines is 1. The number of nitrogens with one attached hydrogen (secondary N) is 1. The van der Waals surface area contributed by atoms with Gasteiger partial charge in [-0.1, -0.05) is 12.1 Å². The first-order valence-corrected chi connectivity index (χ1v) is 10.1. The maximum atomic E-state index is 13.2.